The minimum Gasteiger partial charge on any atom is -0.363 e. The van der Waals surface area contributed by atoms with Gasteiger partial charge in [0.2, 0.25) is 5.62 Å². The monoisotopic (exact) mass is 365 g/mol. The van der Waals surface area contributed by atoms with E-state index in [2.05, 4.69) is 6.92 Å². The van der Waals surface area contributed by atoms with Crippen LogP contribution in [-0.2, 0) is 9.47 Å². The van der Waals surface area contributed by atoms with Gasteiger partial charge in [-0.3, -0.25) is 0 Å². The molecule has 0 bridgehead atoms. The van der Waals surface area contributed by atoms with Crippen molar-refractivity contribution in [3.8, 4) is 0 Å². The van der Waals surface area contributed by atoms with Crippen molar-refractivity contribution in [3.05, 3.63) is 0 Å². The third-order valence-electron chi connectivity index (χ3n) is 1.81. The zero-order valence-electron chi connectivity index (χ0n) is 11.8. The van der Waals surface area contributed by atoms with Gasteiger partial charge in [0.15, 0.2) is 0 Å². The fourth-order valence-corrected chi connectivity index (χ4v) is 20.2. The summed E-state index contributed by atoms with van der Waals surface area (Å²) in [5.41, 5.74) is -0.151. The topological polar surface area (TPSA) is 21.7 Å². The maximum atomic E-state index is 5.49. The zero-order valence-corrected chi connectivity index (χ0v) is 17.9. The van der Waals surface area contributed by atoms with E-state index in [0.717, 1.165) is 19.5 Å². The highest BCUT2D eigenvalue weighted by molar-refractivity contribution is 9.44. The van der Waals surface area contributed by atoms with E-state index in [-0.39, 0.29) is 5.62 Å². The Morgan fingerprint density at radius 2 is 1.94 bits per heavy atom. The van der Waals surface area contributed by atoms with Gasteiger partial charge in [0.25, 0.3) is 0 Å². The van der Waals surface area contributed by atoms with E-state index in [0.29, 0.717) is 0 Å². The molecule has 9 heteroatoms. The minimum absolute atomic E-state index is 0.151. The van der Waals surface area contributed by atoms with Gasteiger partial charge in [0.1, 0.15) is 4.32 Å². The maximum Gasteiger partial charge on any atom is 0.203 e. The molecule has 0 amide bonds. The lowest BCUT2D eigenvalue weighted by molar-refractivity contribution is -0.0343. The van der Waals surface area contributed by atoms with Gasteiger partial charge < -0.3 is 14.4 Å². The Hall–Kier alpha value is 1.43. The van der Waals surface area contributed by atoms with Crippen molar-refractivity contribution in [1.29, 1.82) is 0 Å². The average Bonchev–Trinajstić information content (AvgIpc) is 2.30. The molecule has 0 aromatic rings. The maximum absolute atomic E-state index is 5.49. The molecule has 0 aromatic carbocycles. The molecule has 0 N–H and O–H groups in total. The van der Waals surface area contributed by atoms with Crippen LogP contribution in [0, 0.1) is 0 Å². The Balaban J connectivity index is 4.72. The van der Waals surface area contributed by atoms with Crippen LogP contribution in [0.25, 0.3) is 0 Å². The fraction of sp³-hybridized carbons (Fsp3) is 0.889. The first-order valence-electron chi connectivity index (χ1n) is 5.45. The van der Waals surface area contributed by atoms with E-state index in [1.165, 1.54) is 6.42 Å². The van der Waals surface area contributed by atoms with Crippen LogP contribution >= 0.6 is 51.2 Å². The summed E-state index contributed by atoms with van der Waals surface area (Å²) in [4.78, 5) is 1.98. The molecule has 18 heavy (non-hydrogen) atoms. The third-order valence-corrected chi connectivity index (χ3v) is 21.4. The number of thiocarbonyl (C=S) groups is 1. The predicted octanol–water partition coefficient (Wildman–Crippen LogP) is 2.85. The van der Waals surface area contributed by atoms with E-state index in [1.54, 1.807) is 25.0 Å². The van der Waals surface area contributed by atoms with Crippen molar-refractivity contribution in [3.63, 3.8) is 0 Å². The van der Waals surface area contributed by atoms with Crippen LogP contribution in [0.2, 0.25) is 0 Å². The van der Waals surface area contributed by atoms with Gasteiger partial charge in [0.05, 0.1) is 9.39 Å². The molecule has 0 heterocycles. The lowest BCUT2D eigenvalue weighted by Crippen LogP contribution is -2.23. The first kappa shape index (κ1) is 19.4. The van der Waals surface area contributed by atoms with Crippen LogP contribution in [-0.4, -0.2) is 58.3 Å². The minimum atomic E-state index is -1.09. The van der Waals surface area contributed by atoms with Gasteiger partial charge in [-0.1, -0.05) is 29.9 Å². The van der Waals surface area contributed by atoms with E-state index < -0.39 is 7.54 Å². The predicted molar refractivity (Wildman–Crippen MR) is 99.6 cm³/mol. The van der Waals surface area contributed by atoms with E-state index in [1.807, 2.05) is 39.6 Å². The molecule has 0 saturated heterocycles. The molecule has 110 valence electrons. The molecular weight excluding hydrogens is 343 g/mol. The van der Waals surface area contributed by atoms with Crippen LogP contribution in [0.4, 0.5) is 0 Å². The number of methoxy groups -OCH3 is 2. The second-order valence-electron chi connectivity index (χ2n) is 3.72. The van der Waals surface area contributed by atoms with Crippen molar-refractivity contribution in [2.24, 2.45) is 0 Å². The first-order chi connectivity index (χ1) is 8.41. The van der Waals surface area contributed by atoms with Crippen molar-refractivity contribution < 1.29 is 9.47 Å². The quantitative estimate of drug-likeness (QED) is 0.214. The van der Waals surface area contributed by atoms with E-state index >= 15 is 0 Å². The van der Waals surface area contributed by atoms with Crippen molar-refractivity contribution in [2.75, 3.05) is 34.1 Å². The molecule has 0 radical (unpaired) electrons. The molecule has 3 nitrogen and oxygen atoms in total. The second kappa shape index (κ2) is 10.2. The highest BCUT2D eigenvalue weighted by Crippen LogP contribution is 2.73. The second-order valence-corrected chi connectivity index (χ2v) is 22.8. The summed E-state index contributed by atoms with van der Waals surface area (Å²) in [6, 6.07) is 0. The van der Waals surface area contributed by atoms with Crippen LogP contribution in [0.1, 0.15) is 13.3 Å². The Morgan fingerprint density at radius 3 is 2.33 bits per heavy atom. The van der Waals surface area contributed by atoms with Gasteiger partial charge in [-0.05, 0) is 27.0 Å². The highest BCUT2D eigenvalue weighted by Gasteiger charge is 2.33. The van der Waals surface area contributed by atoms with Gasteiger partial charge >= 0.3 is 0 Å². The van der Waals surface area contributed by atoms with Crippen molar-refractivity contribution in [1.82, 2.24) is 4.90 Å². The third kappa shape index (κ3) is 6.73. The van der Waals surface area contributed by atoms with E-state index in [4.69, 9.17) is 21.7 Å². The average molecular weight is 366 g/mol. The van der Waals surface area contributed by atoms with Gasteiger partial charge in [-0.25, -0.2) is 0 Å². The number of ether oxygens (including phenoxy) is 2. The van der Waals surface area contributed by atoms with Crippen molar-refractivity contribution in [2.45, 2.75) is 19.0 Å². The highest BCUT2D eigenvalue weighted by atomic mass is 33.8. The summed E-state index contributed by atoms with van der Waals surface area (Å²) in [6.07, 6.45) is 1.18. The van der Waals surface area contributed by atoms with Crippen LogP contribution in [0.15, 0.2) is 0 Å². The Kier molecular flexibility index (Phi) is 11.0. The summed E-state index contributed by atoms with van der Waals surface area (Å²) in [5.74, 6) is 1.15. The van der Waals surface area contributed by atoms with Gasteiger partial charge in [-0.15, -0.1) is 7.54 Å². The summed E-state index contributed by atoms with van der Waals surface area (Å²) >= 11 is 5.42. The van der Waals surface area contributed by atoms with Crippen LogP contribution in [0.5, 0.6) is 0 Å². The molecule has 0 aromatic heterocycles. The Labute approximate surface area is 131 Å². The van der Waals surface area contributed by atoms with Crippen LogP contribution < -0.4 is 0 Å². The summed E-state index contributed by atoms with van der Waals surface area (Å²) in [7, 11) is 12.9. The molecule has 0 fully saturated rings. The molecule has 0 saturated carbocycles. The SMILES string of the molecule is CCCSSS([SiH3])(SC(=S)N(C)C)C(OC)OC. The summed E-state index contributed by atoms with van der Waals surface area (Å²) in [6.45, 7) is 2.19. The Bertz CT molecular complexity index is 255. The number of hydrogen-bond acceptors (Lipinski definition) is 6. The van der Waals surface area contributed by atoms with Gasteiger partial charge in [-0.2, -0.15) is 0 Å². The molecule has 0 spiro atoms. The molecule has 0 aliphatic rings. The molecule has 0 aliphatic heterocycles. The van der Waals surface area contributed by atoms with Crippen molar-refractivity contribution >= 4 is 64.9 Å². The summed E-state index contributed by atoms with van der Waals surface area (Å²) in [5, 5.41) is 0. The lowest BCUT2D eigenvalue weighted by atomic mass is 10.6. The standard InChI is InChI=1S/C9H23NO2S5Si/c1-6-7-14-16-17(18,9(11-4)12-5)15-8(13)10(2)3/h9H,6-7H2,1-5,18H3. The molecule has 0 rings (SSSR count). The normalized spacial score (nSPS) is 16.6. The Morgan fingerprint density at radius 1 is 1.39 bits per heavy atom. The largest absolute Gasteiger partial charge is 0.363 e. The molecule has 1 atom stereocenters. The molecule has 0 aliphatic carbocycles. The van der Waals surface area contributed by atoms with Crippen LogP contribution in [0.3, 0.4) is 0 Å². The number of hydrogen-bond donors (Lipinski definition) is 0. The lowest BCUT2D eigenvalue weighted by Gasteiger charge is -2.39. The number of nitrogens with zero attached hydrogens (tertiary/aromatic N) is 1. The fourth-order valence-electron chi connectivity index (χ4n) is 0.960. The van der Waals surface area contributed by atoms with E-state index in [9.17, 15) is 0 Å². The first-order valence-corrected chi connectivity index (χ1v) is 14.6. The molecule has 1 unspecified atom stereocenters. The number of rotatable bonds is 8. The smallest absolute Gasteiger partial charge is 0.203 e. The summed E-state index contributed by atoms with van der Waals surface area (Å²) < 4.78 is 11.9. The van der Waals surface area contributed by atoms with Gasteiger partial charge in [0, 0.05) is 34.1 Å². The molecular formula is C9H23NO2S5Si. The zero-order chi connectivity index (χ0) is 14.2.